The van der Waals surface area contributed by atoms with Crippen LogP contribution in [0.3, 0.4) is 0 Å². The van der Waals surface area contributed by atoms with Crippen molar-refractivity contribution < 1.29 is 14.6 Å². The highest BCUT2D eigenvalue weighted by molar-refractivity contribution is 8.14. The number of carbonyl (C=O) groups excluding carboxylic acids is 1. The van der Waals surface area contributed by atoms with Crippen LogP contribution in [0.25, 0.3) is 0 Å². The fraction of sp³-hybridized carbons (Fsp3) is 0.300. The number of aliphatic hydroxyl groups excluding tert-OH is 1. The van der Waals surface area contributed by atoms with Gasteiger partial charge < -0.3 is 15.2 Å². The minimum atomic E-state index is -0.768. The third kappa shape index (κ3) is 4.65. The van der Waals surface area contributed by atoms with Crippen molar-refractivity contribution >= 4 is 17.0 Å². The van der Waals surface area contributed by atoms with Gasteiger partial charge in [0.05, 0.1) is 10.9 Å². The standard InChI is InChI=1S/C20H22N2O3S/c1-3-14-6-9-17(21-11-14)18(23)12-25-16-7-4-15(5-8-16)10-19-13(2)22-20(24)26-19/h4-9,11,18-19,23H,2-3,10,12H2,1H3,(H,22,24)/t18-,19?/m1/s1. The quantitative estimate of drug-likeness (QED) is 0.779. The highest BCUT2D eigenvalue weighted by atomic mass is 32.2. The first-order chi connectivity index (χ1) is 12.5. The molecule has 5 nitrogen and oxygen atoms in total. The van der Waals surface area contributed by atoms with Crippen LogP contribution in [0.15, 0.2) is 54.9 Å². The number of ether oxygens (including phenoxy) is 1. The van der Waals surface area contributed by atoms with E-state index in [1.807, 2.05) is 36.4 Å². The maximum Gasteiger partial charge on any atom is 0.283 e. The minimum absolute atomic E-state index is 0.0467. The van der Waals surface area contributed by atoms with E-state index in [1.165, 1.54) is 11.8 Å². The molecule has 2 atom stereocenters. The van der Waals surface area contributed by atoms with Crippen LogP contribution in [0.5, 0.6) is 5.75 Å². The van der Waals surface area contributed by atoms with Gasteiger partial charge in [-0.3, -0.25) is 9.78 Å². The number of hydrogen-bond acceptors (Lipinski definition) is 5. The maximum atomic E-state index is 11.4. The van der Waals surface area contributed by atoms with Crippen molar-refractivity contribution in [2.45, 2.75) is 31.1 Å². The molecule has 0 radical (unpaired) electrons. The number of pyridine rings is 1. The summed E-state index contributed by atoms with van der Waals surface area (Å²) in [5, 5.41) is 12.9. The van der Waals surface area contributed by atoms with E-state index >= 15 is 0 Å². The van der Waals surface area contributed by atoms with E-state index in [4.69, 9.17) is 4.74 Å². The zero-order valence-corrected chi connectivity index (χ0v) is 15.5. The average molecular weight is 370 g/mol. The van der Waals surface area contributed by atoms with Gasteiger partial charge >= 0.3 is 0 Å². The van der Waals surface area contributed by atoms with Gasteiger partial charge in [0.2, 0.25) is 0 Å². The van der Waals surface area contributed by atoms with Crippen molar-refractivity contribution in [3.63, 3.8) is 0 Å². The number of carbonyl (C=O) groups is 1. The first-order valence-corrected chi connectivity index (χ1v) is 9.44. The molecule has 136 valence electrons. The minimum Gasteiger partial charge on any atom is -0.490 e. The number of hydrogen-bond donors (Lipinski definition) is 2. The summed E-state index contributed by atoms with van der Waals surface area (Å²) < 4.78 is 5.66. The molecule has 2 aromatic rings. The molecule has 3 rings (SSSR count). The highest BCUT2D eigenvalue weighted by Crippen LogP contribution is 2.28. The molecule has 1 aliphatic heterocycles. The van der Waals surface area contributed by atoms with Crippen LogP contribution in [-0.2, 0) is 12.8 Å². The Bertz CT molecular complexity index is 775. The van der Waals surface area contributed by atoms with E-state index in [0.29, 0.717) is 11.4 Å². The van der Waals surface area contributed by atoms with Gasteiger partial charge in [0.25, 0.3) is 5.24 Å². The van der Waals surface area contributed by atoms with Crippen molar-refractivity contribution in [1.29, 1.82) is 0 Å². The van der Waals surface area contributed by atoms with Gasteiger partial charge in [-0.15, -0.1) is 0 Å². The van der Waals surface area contributed by atoms with Crippen molar-refractivity contribution in [2.24, 2.45) is 0 Å². The number of nitrogens with one attached hydrogen (secondary N) is 1. The van der Waals surface area contributed by atoms with E-state index in [0.717, 1.165) is 29.7 Å². The molecule has 1 aromatic heterocycles. The lowest BCUT2D eigenvalue weighted by atomic mass is 10.1. The second kappa shape index (κ2) is 8.38. The number of aliphatic hydroxyl groups is 1. The molecule has 1 aliphatic rings. The topological polar surface area (TPSA) is 71.5 Å². The van der Waals surface area contributed by atoms with E-state index in [1.54, 1.807) is 6.20 Å². The Balaban J connectivity index is 1.52. The van der Waals surface area contributed by atoms with Gasteiger partial charge in [0.1, 0.15) is 18.5 Å². The number of thioether (sulfide) groups is 1. The van der Waals surface area contributed by atoms with Crippen molar-refractivity contribution in [3.8, 4) is 5.75 Å². The summed E-state index contributed by atoms with van der Waals surface area (Å²) in [6.07, 6.45) is 2.67. The second-order valence-electron chi connectivity index (χ2n) is 6.16. The van der Waals surface area contributed by atoms with Crippen LogP contribution < -0.4 is 10.1 Å². The Morgan fingerprint density at radius 3 is 2.58 bits per heavy atom. The molecule has 0 spiro atoms. The van der Waals surface area contributed by atoms with E-state index < -0.39 is 6.10 Å². The summed E-state index contributed by atoms with van der Waals surface area (Å²) >= 11 is 1.27. The predicted octanol–water partition coefficient (Wildman–Crippen LogP) is 3.64. The van der Waals surface area contributed by atoms with Crippen LogP contribution in [0.1, 0.15) is 29.8 Å². The zero-order chi connectivity index (χ0) is 18.5. The van der Waals surface area contributed by atoms with Gasteiger partial charge in [-0.1, -0.05) is 43.5 Å². The fourth-order valence-corrected chi connectivity index (χ4v) is 3.57. The molecule has 1 saturated heterocycles. The van der Waals surface area contributed by atoms with Crippen LogP contribution >= 0.6 is 11.8 Å². The molecular weight excluding hydrogens is 348 g/mol. The smallest absolute Gasteiger partial charge is 0.283 e. The molecule has 0 bridgehead atoms. The summed E-state index contributed by atoms with van der Waals surface area (Å²) in [4.78, 5) is 15.6. The first-order valence-electron chi connectivity index (χ1n) is 8.56. The lowest BCUT2D eigenvalue weighted by Crippen LogP contribution is -2.13. The van der Waals surface area contributed by atoms with Crippen LogP contribution in [0.4, 0.5) is 4.79 Å². The number of rotatable bonds is 7. The number of aryl methyl sites for hydroxylation is 1. The Hall–Kier alpha value is -2.31. The summed E-state index contributed by atoms with van der Waals surface area (Å²) in [5.74, 6) is 0.685. The normalized spacial score (nSPS) is 17.8. The van der Waals surface area contributed by atoms with Crippen molar-refractivity contribution in [1.82, 2.24) is 10.3 Å². The lowest BCUT2D eigenvalue weighted by molar-refractivity contribution is 0.104. The zero-order valence-electron chi connectivity index (χ0n) is 14.6. The molecule has 1 unspecified atom stereocenters. The summed E-state index contributed by atoms with van der Waals surface area (Å²) in [6.45, 7) is 6.09. The third-order valence-electron chi connectivity index (χ3n) is 4.25. The number of nitrogens with zero attached hydrogens (tertiary/aromatic N) is 1. The monoisotopic (exact) mass is 370 g/mol. The fourth-order valence-electron chi connectivity index (χ4n) is 2.64. The third-order valence-corrected chi connectivity index (χ3v) is 5.30. The number of amides is 1. The van der Waals surface area contributed by atoms with E-state index in [-0.39, 0.29) is 17.1 Å². The molecule has 0 saturated carbocycles. The summed E-state index contributed by atoms with van der Waals surface area (Å²) in [7, 11) is 0. The molecular formula is C20H22N2O3S. The second-order valence-corrected chi connectivity index (χ2v) is 7.34. The Morgan fingerprint density at radius 2 is 2.00 bits per heavy atom. The number of aromatic nitrogens is 1. The van der Waals surface area contributed by atoms with Crippen molar-refractivity contribution in [2.75, 3.05) is 6.61 Å². The molecule has 2 heterocycles. The first kappa shape index (κ1) is 18.5. The molecule has 2 N–H and O–H groups in total. The van der Waals surface area contributed by atoms with E-state index in [9.17, 15) is 9.90 Å². The Kier molecular flexibility index (Phi) is 5.96. The van der Waals surface area contributed by atoms with Gasteiger partial charge in [-0.05, 0) is 42.2 Å². The molecule has 26 heavy (non-hydrogen) atoms. The SMILES string of the molecule is C=C1NC(=O)SC1Cc1ccc(OC[C@@H](O)c2ccc(CC)cn2)cc1. The van der Waals surface area contributed by atoms with E-state index in [2.05, 4.69) is 23.8 Å². The largest absolute Gasteiger partial charge is 0.490 e. The van der Waals surface area contributed by atoms with Crippen LogP contribution in [-0.4, -0.2) is 27.2 Å². The molecule has 1 aromatic carbocycles. The van der Waals surface area contributed by atoms with Gasteiger partial charge in [-0.2, -0.15) is 0 Å². The Morgan fingerprint density at radius 1 is 1.27 bits per heavy atom. The Labute approximate surface area is 157 Å². The molecule has 0 aliphatic carbocycles. The maximum absolute atomic E-state index is 11.4. The summed E-state index contributed by atoms with van der Waals surface area (Å²) in [5.41, 5.74) is 3.60. The summed E-state index contributed by atoms with van der Waals surface area (Å²) in [6, 6.07) is 11.5. The van der Waals surface area contributed by atoms with Crippen molar-refractivity contribution in [3.05, 3.63) is 71.7 Å². The van der Waals surface area contributed by atoms with Gasteiger partial charge in [0.15, 0.2) is 0 Å². The van der Waals surface area contributed by atoms with Crippen LogP contribution in [0.2, 0.25) is 0 Å². The molecule has 1 fully saturated rings. The predicted molar refractivity (Wildman–Crippen MR) is 103 cm³/mol. The molecule has 6 heteroatoms. The number of benzene rings is 1. The molecule has 1 amide bonds. The average Bonchev–Trinajstić information content (AvgIpc) is 2.98. The highest BCUT2D eigenvalue weighted by Gasteiger charge is 2.26. The van der Waals surface area contributed by atoms with Gasteiger partial charge in [0, 0.05) is 11.9 Å². The lowest BCUT2D eigenvalue weighted by Gasteiger charge is -2.13. The van der Waals surface area contributed by atoms with Gasteiger partial charge in [-0.25, -0.2) is 0 Å². The van der Waals surface area contributed by atoms with Crippen LogP contribution in [0, 0.1) is 0 Å².